The number of aliphatic imine (C=N–C) groups is 1. The van der Waals surface area contributed by atoms with Crippen molar-refractivity contribution >= 4 is 16.9 Å². The summed E-state index contributed by atoms with van der Waals surface area (Å²) >= 11 is 1.96. The number of nitrogens with one attached hydrogen (secondary N) is 1. The van der Waals surface area contributed by atoms with Crippen molar-refractivity contribution < 1.29 is 0 Å². The molecule has 104 valence electrons. The molecule has 2 nitrogen and oxygen atoms in total. The highest BCUT2D eigenvalue weighted by Crippen LogP contribution is 2.32. The summed E-state index contributed by atoms with van der Waals surface area (Å²) in [5.41, 5.74) is 0.420. The quantitative estimate of drug-likeness (QED) is 0.839. The van der Waals surface area contributed by atoms with Gasteiger partial charge in [0.05, 0.1) is 6.54 Å². The highest BCUT2D eigenvalue weighted by molar-refractivity contribution is 8.14. The van der Waals surface area contributed by atoms with Gasteiger partial charge in [0, 0.05) is 11.8 Å². The van der Waals surface area contributed by atoms with Crippen molar-refractivity contribution in [1.29, 1.82) is 0 Å². The second kappa shape index (κ2) is 5.85. The normalized spacial score (nSPS) is 32.7. The Bertz CT molecular complexity index is 306. The molecule has 3 unspecified atom stereocenters. The first kappa shape index (κ1) is 14.2. The van der Waals surface area contributed by atoms with Crippen molar-refractivity contribution in [1.82, 2.24) is 5.32 Å². The van der Waals surface area contributed by atoms with Crippen LogP contribution in [0.1, 0.15) is 53.4 Å². The Morgan fingerprint density at radius 3 is 2.72 bits per heavy atom. The van der Waals surface area contributed by atoms with Crippen molar-refractivity contribution in [2.24, 2.45) is 22.2 Å². The highest BCUT2D eigenvalue weighted by atomic mass is 32.2. The largest absolute Gasteiger partial charge is 0.365 e. The van der Waals surface area contributed by atoms with E-state index in [1.165, 1.54) is 30.9 Å². The Morgan fingerprint density at radius 1 is 1.33 bits per heavy atom. The van der Waals surface area contributed by atoms with E-state index >= 15 is 0 Å². The minimum atomic E-state index is 0.420. The summed E-state index contributed by atoms with van der Waals surface area (Å²) in [6.45, 7) is 11.5. The number of nitrogens with zero attached hydrogens (tertiary/aromatic N) is 1. The van der Waals surface area contributed by atoms with Crippen molar-refractivity contribution in [2.75, 3.05) is 13.1 Å². The van der Waals surface area contributed by atoms with Crippen molar-refractivity contribution in [3.8, 4) is 0 Å². The van der Waals surface area contributed by atoms with Crippen LogP contribution < -0.4 is 5.32 Å². The molecule has 2 aliphatic rings. The summed E-state index contributed by atoms with van der Waals surface area (Å²) < 4.78 is 0. The average Bonchev–Trinajstić information content (AvgIpc) is 2.82. The second-order valence-corrected chi connectivity index (χ2v) is 8.60. The molecule has 3 atom stereocenters. The van der Waals surface area contributed by atoms with Crippen molar-refractivity contribution in [3.05, 3.63) is 0 Å². The summed E-state index contributed by atoms with van der Waals surface area (Å²) in [5.74, 6) is 1.81. The summed E-state index contributed by atoms with van der Waals surface area (Å²) in [6, 6.07) is 0. The molecular formula is C15H28N2S. The van der Waals surface area contributed by atoms with Crippen molar-refractivity contribution in [2.45, 2.75) is 58.6 Å². The summed E-state index contributed by atoms with van der Waals surface area (Å²) in [6.07, 6.45) is 5.47. The molecular weight excluding hydrogens is 240 g/mol. The third-order valence-electron chi connectivity index (χ3n) is 3.90. The van der Waals surface area contributed by atoms with E-state index in [4.69, 9.17) is 0 Å². The molecule has 1 heterocycles. The van der Waals surface area contributed by atoms with Crippen LogP contribution in [0.25, 0.3) is 0 Å². The molecule has 1 saturated carbocycles. The van der Waals surface area contributed by atoms with Crippen LogP contribution in [0.4, 0.5) is 0 Å². The van der Waals surface area contributed by atoms with Gasteiger partial charge >= 0.3 is 0 Å². The van der Waals surface area contributed by atoms with Gasteiger partial charge < -0.3 is 5.32 Å². The van der Waals surface area contributed by atoms with Crippen LogP contribution in [0.2, 0.25) is 0 Å². The maximum Gasteiger partial charge on any atom is 0.156 e. The lowest BCUT2D eigenvalue weighted by molar-refractivity contribution is 0.375. The Hall–Kier alpha value is -0.180. The summed E-state index contributed by atoms with van der Waals surface area (Å²) in [4.78, 5) is 4.65. The van der Waals surface area contributed by atoms with Crippen LogP contribution in [0, 0.1) is 17.3 Å². The van der Waals surface area contributed by atoms with Crippen LogP contribution in [-0.2, 0) is 0 Å². The minimum absolute atomic E-state index is 0.420. The predicted octanol–water partition coefficient (Wildman–Crippen LogP) is 3.92. The predicted molar refractivity (Wildman–Crippen MR) is 82.3 cm³/mol. The van der Waals surface area contributed by atoms with Crippen LogP contribution in [0.3, 0.4) is 0 Å². The standard InChI is InChI=1S/C15H28N2S/c1-11-5-6-12(7-11)9-16-14-17-10-13(18-14)8-15(2,3)4/h11-13H,5-10H2,1-4H3,(H,16,17). The first-order chi connectivity index (χ1) is 8.42. The molecule has 0 bridgehead atoms. The van der Waals surface area contributed by atoms with Crippen LogP contribution in [-0.4, -0.2) is 23.5 Å². The lowest BCUT2D eigenvalue weighted by Crippen LogP contribution is -2.26. The molecule has 18 heavy (non-hydrogen) atoms. The number of amidine groups is 1. The molecule has 0 aromatic heterocycles. The van der Waals surface area contributed by atoms with E-state index in [1.807, 2.05) is 11.8 Å². The molecule has 3 heteroatoms. The van der Waals surface area contributed by atoms with E-state index in [-0.39, 0.29) is 0 Å². The van der Waals surface area contributed by atoms with Crippen LogP contribution >= 0.6 is 11.8 Å². The molecule has 1 N–H and O–H groups in total. The SMILES string of the molecule is CC1CCC(CNC2=NCC(CC(C)(C)C)S2)C1. The van der Waals surface area contributed by atoms with E-state index in [0.717, 1.165) is 24.9 Å². The smallest absolute Gasteiger partial charge is 0.156 e. The summed E-state index contributed by atoms with van der Waals surface area (Å²) in [7, 11) is 0. The second-order valence-electron chi connectivity index (χ2n) is 7.32. The molecule has 0 aromatic rings. The van der Waals surface area contributed by atoms with Gasteiger partial charge in [-0.15, -0.1) is 0 Å². The Balaban J connectivity index is 1.66. The lowest BCUT2D eigenvalue weighted by atomic mass is 9.90. The molecule has 1 aliphatic heterocycles. The molecule has 0 saturated heterocycles. The van der Waals surface area contributed by atoms with Gasteiger partial charge in [-0.1, -0.05) is 45.9 Å². The molecule has 1 fully saturated rings. The molecule has 0 radical (unpaired) electrons. The number of hydrogen-bond acceptors (Lipinski definition) is 3. The van der Waals surface area contributed by atoms with E-state index in [1.54, 1.807) is 0 Å². The van der Waals surface area contributed by atoms with Crippen LogP contribution in [0.5, 0.6) is 0 Å². The van der Waals surface area contributed by atoms with E-state index in [9.17, 15) is 0 Å². The molecule has 0 aromatic carbocycles. The fourth-order valence-corrected chi connectivity index (χ4v) is 4.41. The zero-order valence-corrected chi connectivity index (χ0v) is 13.1. The van der Waals surface area contributed by atoms with Gasteiger partial charge in [-0.25, -0.2) is 0 Å². The third kappa shape index (κ3) is 4.49. The van der Waals surface area contributed by atoms with E-state index < -0.39 is 0 Å². The number of rotatable bonds is 3. The van der Waals surface area contributed by atoms with Crippen molar-refractivity contribution in [3.63, 3.8) is 0 Å². The molecule has 1 aliphatic carbocycles. The first-order valence-electron chi connectivity index (χ1n) is 7.37. The number of thioether (sulfide) groups is 1. The Morgan fingerprint density at radius 2 is 2.11 bits per heavy atom. The zero-order valence-electron chi connectivity index (χ0n) is 12.3. The van der Waals surface area contributed by atoms with Gasteiger partial charge in [-0.3, -0.25) is 4.99 Å². The van der Waals surface area contributed by atoms with Gasteiger partial charge in [-0.05, 0) is 36.5 Å². The van der Waals surface area contributed by atoms with Gasteiger partial charge in [0.25, 0.3) is 0 Å². The maximum absolute atomic E-state index is 4.65. The first-order valence-corrected chi connectivity index (χ1v) is 8.25. The Kier molecular flexibility index (Phi) is 4.63. The van der Waals surface area contributed by atoms with E-state index in [2.05, 4.69) is 38.0 Å². The lowest BCUT2D eigenvalue weighted by Gasteiger charge is -2.21. The van der Waals surface area contributed by atoms with Gasteiger partial charge in [0.15, 0.2) is 5.17 Å². The fraction of sp³-hybridized carbons (Fsp3) is 0.933. The topological polar surface area (TPSA) is 24.4 Å². The van der Waals surface area contributed by atoms with Crippen LogP contribution in [0.15, 0.2) is 4.99 Å². The average molecular weight is 268 g/mol. The minimum Gasteiger partial charge on any atom is -0.365 e. The maximum atomic E-state index is 4.65. The highest BCUT2D eigenvalue weighted by Gasteiger charge is 2.26. The number of hydrogen-bond donors (Lipinski definition) is 1. The van der Waals surface area contributed by atoms with Gasteiger partial charge in [-0.2, -0.15) is 0 Å². The van der Waals surface area contributed by atoms with Gasteiger partial charge in [0.1, 0.15) is 0 Å². The van der Waals surface area contributed by atoms with Gasteiger partial charge in [0.2, 0.25) is 0 Å². The molecule has 0 amide bonds. The molecule has 0 spiro atoms. The third-order valence-corrected chi connectivity index (χ3v) is 5.05. The van der Waals surface area contributed by atoms with E-state index in [0.29, 0.717) is 10.7 Å². The Labute approximate surface area is 116 Å². The zero-order chi connectivity index (χ0) is 13.2. The molecule has 2 rings (SSSR count). The fourth-order valence-electron chi connectivity index (χ4n) is 3.05. The summed E-state index contributed by atoms with van der Waals surface area (Å²) in [5, 5.41) is 5.46. The monoisotopic (exact) mass is 268 g/mol.